The van der Waals surface area contributed by atoms with Crippen molar-refractivity contribution in [2.24, 2.45) is 0 Å². The second-order valence-corrected chi connectivity index (χ2v) is 6.09. The average Bonchev–Trinajstić information content (AvgIpc) is 2.83. The molecular weight excluding hydrogens is 375 g/mol. The summed E-state index contributed by atoms with van der Waals surface area (Å²) in [5.41, 5.74) is -0.999. The zero-order valence-corrected chi connectivity index (χ0v) is 15.6. The second kappa shape index (κ2) is 8.59. The van der Waals surface area contributed by atoms with Crippen LogP contribution in [0.3, 0.4) is 0 Å². The number of unbranched alkanes of at least 4 members (excludes halogenated alkanes) is 1. The monoisotopic (exact) mass is 394 g/mol. The minimum absolute atomic E-state index is 0.127. The number of ether oxygens (including phenoxy) is 2. The molecule has 9 nitrogen and oxygen atoms in total. The first-order valence-corrected chi connectivity index (χ1v) is 8.51. The third-order valence-corrected chi connectivity index (χ3v) is 4.18. The standard InChI is InChI=1S/C18H19FN2O7/c1-4-5-6-27-16(22)9-28-15-7-12(19)13(8-14(15)21(25)26)20-17(23)10(2)11(3)18(20)24/h7-8H,4-6,9H2,1-3H3. The van der Waals surface area contributed by atoms with Crippen molar-refractivity contribution in [2.75, 3.05) is 18.1 Å². The van der Waals surface area contributed by atoms with Gasteiger partial charge in [0.25, 0.3) is 11.8 Å². The molecule has 2 amide bonds. The highest BCUT2D eigenvalue weighted by Gasteiger charge is 2.37. The maximum atomic E-state index is 14.5. The van der Waals surface area contributed by atoms with Gasteiger partial charge in [0.05, 0.1) is 17.2 Å². The summed E-state index contributed by atoms with van der Waals surface area (Å²) in [5, 5.41) is 11.3. The fourth-order valence-electron chi connectivity index (χ4n) is 2.44. The molecule has 0 saturated carbocycles. The highest BCUT2D eigenvalue weighted by atomic mass is 19.1. The van der Waals surface area contributed by atoms with Crippen LogP contribution in [0.4, 0.5) is 15.8 Å². The Hall–Kier alpha value is -3.30. The van der Waals surface area contributed by atoms with E-state index in [0.29, 0.717) is 17.4 Å². The Morgan fingerprint density at radius 1 is 1.21 bits per heavy atom. The van der Waals surface area contributed by atoms with Crippen molar-refractivity contribution in [3.8, 4) is 5.75 Å². The molecule has 1 heterocycles. The first kappa shape index (κ1) is 21.0. The van der Waals surface area contributed by atoms with Crippen molar-refractivity contribution < 1.29 is 33.2 Å². The van der Waals surface area contributed by atoms with E-state index in [1.165, 1.54) is 13.8 Å². The van der Waals surface area contributed by atoms with Gasteiger partial charge in [0, 0.05) is 23.3 Å². The number of hydrogen-bond acceptors (Lipinski definition) is 7. The van der Waals surface area contributed by atoms with E-state index in [2.05, 4.69) is 0 Å². The van der Waals surface area contributed by atoms with Crippen LogP contribution >= 0.6 is 0 Å². The quantitative estimate of drug-likeness (QED) is 0.219. The summed E-state index contributed by atoms with van der Waals surface area (Å²) in [7, 11) is 0. The molecule has 1 aromatic carbocycles. The van der Waals surface area contributed by atoms with Crippen LogP contribution in [0.2, 0.25) is 0 Å². The van der Waals surface area contributed by atoms with Crippen molar-refractivity contribution in [1.29, 1.82) is 0 Å². The first-order chi connectivity index (χ1) is 13.2. The van der Waals surface area contributed by atoms with Gasteiger partial charge in [-0.05, 0) is 20.3 Å². The number of halogens is 1. The van der Waals surface area contributed by atoms with Crippen molar-refractivity contribution >= 4 is 29.2 Å². The number of hydrogen-bond donors (Lipinski definition) is 0. The Balaban J connectivity index is 2.28. The zero-order chi connectivity index (χ0) is 21.0. The Morgan fingerprint density at radius 3 is 2.36 bits per heavy atom. The molecule has 28 heavy (non-hydrogen) atoms. The number of imide groups is 1. The average molecular weight is 394 g/mol. The molecule has 1 aliphatic heterocycles. The van der Waals surface area contributed by atoms with Crippen LogP contribution < -0.4 is 9.64 Å². The summed E-state index contributed by atoms with van der Waals surface area (Å²) in [5.74, 6) is -3.87. The van der Waals surface area contributed by atoms with Crippen molar-refractivity contribution in [3.05, 3.63) is 39.2 Å². The van der Waals surface area contributed by atoms with Gasteiger partial charge in [-0.25, -0.2) is 14.1 Å². The van der Waals surface area contributed by atoms with Crippen molar-refractivity contribution in [1.82, 2.24) is 0 Å². The smallest absolute Gasteiger partial charge is 0.344 e. The second-order valence-electron chi connectivity index (χ2n) is 6.09. The molecule has 0 atom stereocenters. The number of nitrogens with zero attached hydrogens (tertiary/aromatic N) is 2. The summed E-state index contributed by atoms with van der Waals surface area (Å²) in [6.45, 7) is 4.25. The molecule has 0 saturated heterocycles. The van der Waals surface area contributed by atoms with Gasteiger partial charge in [-0.2, -0.15) is 0 Å². The molecule has 0 spiro atoms. The van der Waals surface area contributed by atoms with E-state index in [4.69, 9.17) is 9.47 Å². The molecule has 0 fully saturated rings. The summed E-state index contributed by atoms with van der Waals surface area (Å²) in [6, 6.07) is 1.39. The van der Waals surface area contributed by atoms with Crippen LogP contribution in [-0.4, -0.2) is 35.9 Å². The maximum absolute atomic E-state index is 14.5. The molecule has 0 bridgehead atoms. The van der Waals surface area contributed by atoms with Gasteiger partial charge < -0.3 is 9.47 Å². The molecule has 0 aliphatic carbocycles. The highest BCUT2D eigenvalue weighted by molar-refractivity contribution is 6.32. The van der Waals surface area contributed by atoms with Crippen LogP contribution in [0.25, 0.3) is 0 Å². The number of carbonyl (C=O) groups is 3. The van der Waals surface area contributed by atoms with E-state index in [-0.39, 0.29) is 17.8 Å². The lowest BCUT2D eigenvalue weighted by Gasteiger charge is -2.16. The van der Waals surface area contributed by atoms with Gasteiger partial charge in [0.1, 0.15) is 0 Å². The number of rotatable bonds is 8. The van der Waals surface area contributed by atoms with E-state index >= 15 is 0 Å². The molecule has 10 heteroatoms. The molecular formula is C18H19FN2O7. The van der Waals surface area contributed by atoms with Crippen molar-refractivity contribution in [2.45, 2.75) is 33.6 Å². The fourth-order valence-corrected chi connectivity index (χ4v) is 2.44. The molecule has 0 unspecified atom stereocenters. The first-order valence-electron chi connectivity index (χ1n) is 8.51. The van der Waals surface area contributed by atoms with Gasteiger partial charge in [-0.1, -0.05) is 13.3 Å². The molecule has 150 valence electrons. The predicted molar refractivity (Wildman–Crippen MR) is 95.3 cm³/mol. The molecule has 1 aliphatic rings. The lowest BCUT2D eigenvalue weighted by molar-refractivity contribution is -0.385. The number of carbonyl (C=O) groups excluding carboxylic acids is 3. The predicted octanol–water partition coefficient (Wildman–Crippen LogP) is 2.67. The molecule has 0 aromatic heterocycles. The van der Waals surface area contributed by atoms with Crippen LogP contribution in [0, 0.1) is 15.9 Å². The topological polar surface area (TPSA) is 116 Å². The molecule has 1 aromatic rings. The largest absolute Gasteiger partial charge is 0.475 e. The minimum atomic E-state index is -1.08. The van der Waals surface area contributed by atoms with E-state index in [9.17, 15) is 28.9 Å². The van der Waals surface area contributed by atoms with E-state index < -0.39 is 52.3 Å². The highest BCUT2D eigenvalue weighted by Crippen LogP contribution is 2.37. The van der Waals surface area contributed by atoms with E-state index in [0.717, 1.165) is 12.5 Å². The Morgan fingerprint density at radius 2 is 1.82 bits per heavy atom. The van der Waals surface area contributed by atoms with Crippen LogP contribution in [0.5, 0.6) is 5.75 Å². The van der Waals surface area contributed by atoms with Gasteiger partial charge in [0.15, 0.2) is 12.4 Å². The molecule has 0 N–H and O–H groups in total. The summed E-state index contributed by atoms with van der Waals surface area (Å²) in [6.07, 6.45) is 1.47. The molecule has 2 rings (SSSR count). The Kier molecular flexibility index (Phi) is 6.45. The van der Waals surface area contributed by atoms with Gasteiger partial charge in [-0.3, -0.25) is 19.7 Å². The molecule has 0 radical (unpaired) electrons. The SMILES string of the molecule is CCCCOC(=O)COc1cc(F)c(N2C(=O)C(C)=C(C)C2=O)cc1[N+](=O)[O-]. The number of amides is 2. The van der Waals surface area contributed by atoms with E-state index in [1.807, 2.05) is 6.92 Å². The summed E-state index contributed by atoms with van der Waals surface area (Å²) < 4.78 is 24.4. The van der Waals surface area contributed by atoms with Crippen LogP contribution in [0.15, 0.2) is 23.3 Å². The van der Waals surface area contributed by atoms with Crippen molar-refractivity contribution in [3.63, 3.8) is 0 Å². The summed E-state index contributed by atoms with van der Waals surface area (Å²) in [4.78, 5) is 47.0. The van der Waals surface area contributed by atoms with Gasteiger partial charge in [-0.15, -0.1) is 0 Å². The number of benzene rings is 1. The lowest BCUT2D eigenvalue weighted by Crippen LogP contribution is -2.32. The zero-order valence-electron chi connectivity index (χ0n) is 15.6. The minimum Gasteiger partial charge on any atom is -0.475 e. The number of nitro groups is 1. The normalized spacial score (nSPS) is 13.9. The number of nitro benzene ring substituents is 1. The lowest BCUT2D eigenvalue weighted by atomic mass is 10.2. The van der Waals surface area contributed by atoms with Crippen LogP contribution in [0.1, 0.15) is 33.6 Å². The maximum Gasteiger partial charge on any atom is 0.344 e. The van der Waals surface area contributed by atoms with E-state index in [1.54, 1.807) is 0 Å². The third-order valence-electron chi connectivity index (χ3n) is 4.18. The fraction of sp³-hybridized carbons (Fsp3) is 0.389. The number of esters is 1. The summed E-state index contributed by atoms with van der Waals surface area (Å²) >= 11 is 0. The Bertz CT molecular complexity index is 855. The van der Waals surface area contributed by atoms with Gasteiger partial charge >= 0.3 is 11.7 Å². The van der Waals surface area contributed by atoms with Gasteiger partial charge in [0.2, 0.25) is 5.75 Å². The number of anilines is 1. The third kappa shape index (κ3) is 4.16. The van der Waals surface area contributed by atoms with Crippen LogP contribution in [-0.2, 0) is 19.1 Å². The Labute approximate surface area is 159 Å².